The minimum atomic E-state index is -3.85. The first-order chi connectivity index (χ1) is 13.2. The van der Waals surface area contributed by atoms with Crippen molar-refractivity contribution in [2.24, 2.45) is 5.10 Å². The van der Waals surface area contributed by atoms with E-state index in [9.17, 15) is 13.2 Å². The Bertz CT molecular complexity index is 1010. The van der Waals surface area contributed by atoms with Crippen LogP contribution in [0, 0.1) is 0 Å². The molecular formula is C20H23N3O4S. The number of anilines is 1. The molecule has 0 radical (unpaired) electrons. The van der Waals surface area contributed by atoms with E-state index in [1.165, 1.54) is 31.4 Å². The molecule has 8 heteroatoms. The van der Waals surface area contributed by atoms with Gasteiger partial charge < -0.3 is 4.74 Å². The second-order valence-electron chi connectivity index (χ2n) is 6.28. The normalized spacial score (nSPS) is 11.5. The Hall–Kier alpha value is -3.13. The van der Waals surface area contributed by atoms with Crippen molar-refractivity contribution in [1.82, 2.24) is 5.43 Å². The molecule has 148 valence electrons. The number of methoxy groups -OCH3 is 1. The van der Waals surface area contributed by atoms with Crippen LogP contribution >= 0.6 is 0 Å². The number of ether oxygens (including phenoxy) is 1. The van der Waals surface area contributed by atoms with Crippen LogP contribution in [0.4, 0.5) is 5.69 Å². The number of sulfonamides is 1. The van der Waals surface area contributed by atoms with Crippen molar-refractivity contribution in [2.45, 2.75) is 25.7 Å². The lowest BCUT2D eigenvalue weighted by molar-refractivity contribution is 0.0954. The fraction of sp³-hybridized carbons (Fsp3) is 0.200. The van der Waals surface area contributed by atoms with Gasteiger partial charge in [0.2, 0.25) is 0 Å². The standard InChI is InChI=1S/C20H23N3O4S/c1-14(2)12-15(3)21-22-20(24)16-6-5-7-19(13-16)28(25,26)23-17-8-10-18(27-4)11-9-17/h5-13,23H,1-4H3,(H,22,24). The SMILES string of the molecule is COc1ccc(NS(=O)(=O)c2cccc(C(=O)NN=C(C)C=C(C)C)c2)cc1. The van der Waals surface area contributed by atoms with Crippen molar-refractivity contribution in [2.75, 3.05) is 11.8 Å². The third-order valence-corrected chi connectivity index (χ3v) is 4.96. The number of hydrazone groups is 1. The molecule has 28 heavy (non-hydrogen) atoms. The Morgan fingerprint density at radius 1 is 1.07 bits per heavy atom. The number of carbonyl (C=O) groups excluding carboxylic acids is 1. The van der Waals surface area contributed by atoms with E-state index < -0.39 is 15.9 Å². The van der Waals surface area contributed by atoms with Crippen LogP contribution in [0.3, 0.4) is 0 Å². The summed E-state index contributed by atoms with van der Waals surface area (Å²) in [4.78, 5) is 12.2. The number of hydrogen-bond donors (Lipinski definition) is 2. The predicted octanol–water partition coefficient (Wildman–Crippen LogP) is 3.57. The third-order valence-electron chi connectivity index (χ3n) is 3.58. The van der Waals surface area contributed by atoms with Crippen LogP contribution in [0.15, 0.2) is 70.2 Å². The van der Waals surface area contributed by atoms with E-state index in [-0.39, 0.29) is 10.5 Å². The van der Waals surface area contributed by atoms with E-state index in [4.69, 9.17) is 4.74 Å². The summed E-state index contributed by atoms with van der Waals surface area (Å²) in [6.07, 6.45) is 1.82. The zero-order valence-corrected chi connectivity index (χ0v) is 17.0. The molecule has 0 heterocycles. The van der Waals surface area contributed by atoms with Gasteiger partial charge in [0, 0.05) is 11.3 Å². The molecular weight excluding hydrogens is 378 g/mol. The molecule has 0 aliphatic carbocycles. The zero-order chi connectivity index (χ0) is 20.7. The summed E-state index contributed by atoms with van der Waals surface area (Å²) in [5.74, 6) is 0.119. The zero-order valence-electron chi connectivity index (χ0n) is 16.2. The maximum absolute atomic E-state index is 12.6. The predicted molar refractivity (Wildman–Crippen MR) is 110 cm³/mol. The van der Waals surface area contributed by atoms with Crippen LogP contribution in [-0.2, 0) is 10.0 Å². The quantitative estimate of drug-likeness (QED) is 0.547. The molecule has 0 unspecified atom stereocenters. The van der Waals surface area contributed by atoms with Crippen molar-refractivity contribution in [3.8, 4) is 5.75 Å². The smallest absolute Gasteiger partial charge is 0.271 e. The summed E-state index contributed by atoms with van der Waals surface area (Å²) in [7, 11) is -2.32. The van der Waals surface area contributed by atoms with Crippen molar-refractivity contribution in [3.05, 3.63) is 65.7 Å². The fourth-order valence-electron chi connectivity index (χ4n) is 2.33. The molecule has 0 atom stereocenters. The second kappa shape index (κ2) is 9.18. The third kappa shape index (κ3) is 5.95. The van der Waals surface area contributed by atoms with E-state index in [0.717, 1.165) is 5.57 Å². The van der Waals surface area contributed by atoms with Crippen LogP contribution in [0.1, 0.15) is 31.1 Å². The number of hydrogen-bond acceptors (Lipinski definition) is 5. The molecule has 0 saturated heterocycles. The molecule has 0 spiro atoms. The Morgan fingerprint density at radius 2 is 1.75 bits per heavy atom. The molecule has 0 fully saturated rings. The van der Waals surface area contributed by atoms with Gasteiger partial charge in [0.25, 0.3) is 15.9 Å². The van der Waals surface area contributed by atoms with Gasteiger partial charge in [-0.2, -0.15) is 5.10 Å². The average Bonchev–Trinajstić information content (AvgIpc) is 2.66. The minimum absolute atomic E-state index is 0.0269. The number of rotatable bonds is 7. The Kier molecular flexibility index (Phi) is 6.94. The average molecular weight is 401 g/mol. The minimum Gasteiger partial charge on any atom is -0.497 e. The summed E-state index contributed by atoms with van der Waals surface area (Å²) in [6, 6.07) is 12.2. The largest absolute Gasteiger partial charge is 0.497 e. The Morgan fingerprint density at radius 3 is 2.36 bits per heavy atom. The second-order valence-corrected chi connectivity index (χ2v) is 7.96. The summed E-state index contributed by atoms with van der Waals surface area (Å²) in [6.45, 7) is 5.60. The highest BCUT2D eigenvalue weighted by atomic mass is 32.2. The summed E-state index contributed by atoms with van der Waals surface area (Å²) < 4.78 is 32.7. The van der Waals surface area contributed by atoms with E-state index in [1.807, 2.05) is 19.9 Å². The number of allylic oxidation sites excluding steroid dienone is 2. The van der Waals surface area contributed by atoms with Crippen molar-refractivity contribution in [1.29, 1.82) is 0 Å². The van der Waals surface area contributed by atoms with Gasteiger partial charge in [-0.15, -0.1) is 0 Å². The molecule has 0 saturated carbocycles. The van der Waals surface area contributed by atoms with Gasteiger partial charge in [-0.05, 0) is 69.3 Å². The monoisotopic (exact) mass is 401 g/mol. The lowest BCUT2D eigenvalue weighted by Gasteiger charge is -2.10. The van der Waals surface area contributed by atoms with Gasteiger partial charge in [0.05, 0.1) is 17.7 Å². The number of nitrogens with zero attached hydrogens (tertiary/aromatic N) is 1. The lowest BCUT2D eigenvalue weighted by atomic mass is 10.2. The first kappa shape index (κ1) is 21.2. The van der Waals surface area contributed by atoms with Crippen LogP contribution in [-0.4, -0.2) is 27.1 Å². The molecule has 0 aromatic heterocycles. The molecule has 2 aromatic carbocycles. The van der Waals surface area contributed by atoms with Gasteiger partial charge in [0.1, 0.15) is 5.75 Å². The summed E-state index contributed by atoms with van der Waals surface area (Å²) >= 11 is 0. The molecule has 2 rings (SSSR count). The number of carbonyl (C=O) groups is 1. The first-order valence-corrected chi connectivity index (χ1v) is 9.96. The summed E-state index contributed by atoms with van der Waals surface area (Å²) in [5, 5.41) is 3.98. The molecule has 7 nitrogen and oxygen atoms in total. The van der Waals surface area contributed by atoms with Crippen molar-refractivity contribution >= 4 is 27.3 Å². The maximum atomic E-state index is 12.6. The fourth-order valence-corrected chi connectivity index (χ4v) is 3.44. The maximum Gasteiger partial charge on any atom is 0.271 e. The van der Waals surface area contributed by atoms with E-state index in [2.05, 4.69) is 15.2 Å². The van der Waals surface area contributed by atoms with Crippen LogP contribution in [0.25, 0.3) is 0 Å². The number of amides is 1. The molecule has 0 aliphatic rings. The number of benzene rings is 2. The van der Waals surface area contributed by atoms with Crippen LogP contribution in [0.5, 0.6) is 5.75 Å². The van der Waals surface area contributed by atoms with Gasteiger partial charge in [-0.3, -0.25) is 9.52 Å². The van der Waals surface area contributed by atoms with Gasteiger partial charge in [-0.1, -0.05) is 11.6 Å². The first-order valence-electron chi connectivity index (χ1n) is 8.48. The molecule has 2 aromatic rings. The molecule has 1 amide bonds. The molecule has 0 aliphatic heterocycles. The van der Waals surface area contributed by atoms with Gasteiger partial charge >= 0.3 is 0 Å². The van der Waals surface area contributed by atoms with Crippen LogP contribution in [0.2, 0.25) is 0 Å². The van der Waals surface area contributed by atoms with E-state index >= 15 is 0 Å². The molecule has 0 bridgehead atoms. The molecule has 2 N–H and O–H groups in total. The highest BCUT2D eigenvalue weighted by Crippen LogP contribution is 2.20. The Labute approximate surface area is 165 Å². The van der Waals surface area contributed by atoms with Crippen molar-refractivity contribution < 1.29 is 17.9 Å². The van der Waals surface area contributed by atoms with E-state index in [1.54, 1.807) is 31.2 Å². The lowest BCUT2D eigenvalue weighted by Crippen LogP contribution is -2.20. The topological polar surface area (TPSA) is 96.9 Å². The van der Waals surface area contributed by atoms with Gasteiger partial charge in [-0.25, -0.2) is 13.8 Å². The van der Waals surface area contributed by atoms with Crippen molar-refractivity contribution in [3.63, 3.8) is 0 Å². The number of nitrogens with one attached hydrogen (secondary N) is 2. The van der Waals surface area contributed by atoms with Gasteiger partial charge in [0.15, 0.2) is 0 Å². The van der Waals surface area contributed by atoms with Crippen LogP contribution < -0.4 is 14.9 Å². The van der Waals surface area contributed by atoms with E-state index in [0.29, 0.717) is 17.1 Å². The summed E-state index contributed by atoms with van der Waals surface area (Å²) in [5.41, 5.74) is 4.68. The highest BCUT2D eigenvalue weighted by molar-refractivity contribution is 7.92. The highest BCUT2D eigenvalue weighted by Gasteiger charge is 2.16. The Balaban J connectivity index is 2.18.